The van der Waals surface area contributed by atoms with Gasteiger partial charge in [0.2, 0.25) is 6.04 Å². The summed E-state index contributed by atoms with van der Waals surface area (Å²) in [6.07, 6.45) is 3.24. The molecule has 2 heterocycles. The number of hydrogen-bond donors (Lipinski definition) is 0. The van der Waals surface area contributed by atoms with Gasteiger partial charge in [0.25, 0.3) is 0 Å². The number of likely N-dealkylation sites (tertiary alicyclic amines) is 1. The van der Waals surface area contributed by atoms with Gasteiger partial charge < -0.3 is 4.74 Å². The average Bonchev–Trinajstić information content (AvgIpc) is 2.93. The van der Waals surface area contributed by atoms with Gasteiger partial charge in [-0.3, -0.25) is 15.0 Å². The fourth-order valence-corrected chi connectivity index (χ4v) is 3.56. The number of ether oxygens (including phenoxy) is 1. The molecule has 2 fully saturated rings. The van der Waals surface area contributed by atoms with Crippen LogP contribution in [0.25, 0.3) is 0 Å². The highest BCUT2D eigenvalue weighted by Crippen LogP contribution is 2.30. The van der Waals surface area contributed by atoms with Crippen LogP contribution < -0.4 is 0 Å². The highest BCUT2D eigenvalue weighted by molar-refractivity contribution is 5.14. The lowest BCUT2D eigenvalue weighted by Gasteiger charge is -2.28. The summed E-state index contributed by atoms with van der Waals surface area (Å²) in [5.74, 6) is 0.0315. The number of nitrogens with zero attached hydrogens (tertiary/aromatic N) is 2. The second-order valence-corrected chi connectivity index (χ2v) is 6.10. The highest BCUT2D eigenvalue weighted by Gasteiger charge is 2.45. The van der Waals surface area contributed by atoms with Crippen LogP contribution in [0.15, 0.2) is 30.3 Å². The SMILES string of the molecule is O=[N+]([O-])[C@@H]1CN(Cc2ccccc2)C[C@@H]1[C@@H]1CCCCO1. The van der Waals surface area contributed by atoms with Crippen LogP contribution in [-0.2, 0) is 11.3 Å². The van der Waals surface area contributed by atoms with Crippen molar-refractivity contribution in [1.29, 1.82) is 0 Å². The molecule has 2 aliphatic heterocycles. The van der Waals surface area contributed by atoms with Crippen molar-refractivity contribution in [3.63, 3.8) is 0 Å². The Hall–Kier alpha value is -1.46. The average molecular weight is 290 g/mol. The largest absolute Gasteiger partial charge is 0.378 e. The van der Waals surface area contributed by atoms with Crippen molar-refractivity contribution in [2.75, 3.05) is 19.7 Å². The quantitative estimate of drug-likeness (QED) is 0.631. The summed E-state index contributed by atoms with van der Waals surface area (Å²) in [7, 11) is 0. The molecule has 0 spiro atoms. The summed E-state index contributed by atoms with van der Waals surface area (Å²) in [5.41, 5.74) is 1.21. The molecule has 0 amide bonds. The van der Waals surface area contributed by atoms with Crippen molar-refractivity contribution in [3.8, 4) is 0 Å². The lowest BCUT2D eigenvalue weighted by atomic mass is 9.92. The summed E-state index contributed by atoms with van der Waals surface area (Å²) in [6.45, 7) is 2.84. The van der Waals surface area contributed by atoms with Gasteiger partial charge in [0.05, 0.1) is 18.6 Å². The standard InChI is InChI=1S/C16H22N2O3/c19-18(20)15-12-17(10-13-6-2-1-3-7-13)11-14(15)16-8-4-5-9-21-16/h1-3,6-7,14-16H,4-5,8-12H2/t14-,15+,16-/m0/s1. The van der Waals surface area contributed by atoms with Gasteiger partial charge in [0.1, 0.15) is 0 Å². The predicted molar refractivity (Wildman–Crippen MR) is 79.6 cm³/mol. The van der Waals surface area contributed by atoms with Crippen molar-refractivity contribution in [2.24, 2.45) is 5.92 Å². The van der Waals surface area contributed by atoms with E-state index in [1.54, 1.807) is 0 Å². The van der Waals surface area contributed by atoms with E-state index in [0.29, 0.717) is 6.54 Å². The first-order valence-electron chi connectivity index (χ1n) is 7.75. The Labute approximate surface area is 125 Å². The molecular weight excluding hydrogens is 268 g/mol. The summed E-state index contributed by atoms with van der Waals surface area (Å²) in [5, 5.41) is 11.4. The first kappa shape index (κ1) is 14.5. The van der Waals surface area contributed by atoms with Gasteiger partial charge >= 0.3 is 0 Å². The summed E-state index contributed by atoms with van der Waals surface area (Å²) < 4.78 is 5.81. The fraction of sp³-hybridized carbons (Fsp3) is 0.625. The molecule has 114 valence electrons. The molecule has 1 aromatic rings. The molecule has 0 saturated carbocycles. The van der Waals surface area contributed by atoms with Crippen LogP contribution in [0.3, 0.4) is 0 Å². The first-order chi connectivity index (χ1) is 10.2. The fourth-order valence-electron chi connectivity index (χ4n) is 3.56. The molecule has 0 aliphatic carbocycles. The molecule has 1 aromatic carbocycles. The van der Waals surface area contributed by atoms with E-state index >= 15 is 0 Å². The van der Waals surface area contributed by atoms with Crippen LogP contribution in [0.4, 0.5) is 0 Å². The molecule has 2 aliphatic rings. The molecule has 21 heavy (non-hydrogen) atoms. The number of rotatable bonds is 4. The Balaban J connectivity index is 1.67. The maximum Gasteiger partial charge on any atom is 0.232 e. The highest BCUT2D eigenvalue weighted by atomic mass is 16.6. The smallest absolute Gasteiger partial charge is 0.232 e. The topological polar surface area (TPSA) is 55.6 Å². The molecule has 5 nitrogen and oxygen atoms in total. The summed E-state index contributed by atoms with van der Waals surface area (Å²) in [4.78, 5) is 13.5. The monoisotopic (exact) mass is 290 g/mol. The van der Waals surface area contributed by atoms with E-state index in [1.807, 2.05) is 18.2 Å². The third-order valence-electron chi connectivity index (χ3n) is 4.62. The summed E-state index contributed by atoms with van der Waals surface area (Å²) >= 11 is 0. The molecule has 0 radical (unpaired) electrons. The van der Waals surface area contributed by atoms with Gasteiger partial charge in [0, 0.05) is 24.6 Å². The first-order valence-corrected chi connectivity index (χ1v) is 7.75. The zero-order valence-corrected chi connectivity index (χ0v) is 12.2. The van der Waals surface area contributed by atoms with Crippen molar-refractivity contribution >= 4 is 0 Å². The lowest BCUT2D eigenvalue weighted by molar-refractivity contribution is -0.528. The van der Waals surface area contributed by atoms with Crippen LogP contribution in [-0.4, -0.2) is 41.7 Å². The zero-order valence-electron chi connectivity index (χ0n) is 12.2. The molecule has 0 aromatic heterocycles. The van der Waals surface area contributed by atoms with Gasteiger partial charge in [-0.1, -0.05) is 30.3 Å². The van der Waals surface area contributed by atoms with E-state index in [4.69, 9.17) is 4.74 Å². The lowest BCUT2D eigenvalue weighted by Crippen LogP contribution is -2.39. The molecule has 0 N–H and O–H groups in total. The Morgan fingerprint density at radius 1 is 1.24 bits per heavy atom. The Morgan fingerprint density at radius 3 is 2.71 bits per heavy atom. The van der Waals surface area contributed by atoms with Crippen molar-refractivity contribution in [3.05, 3.63) is 46.0 Å². The third-order valence-corrected chi connectivity index (χ3v) is 4.62. The van der Waals surface area contributed by atoms with Gasteiger partial charge in [0.15, 0.2) is 0 Å². The molecule has 0 bridgehead atoms. The number of hydrogen-bond acceptors (Lipinski definition) is 4. The maximum absolute atomic E-state index is 11.4. The van der Waals surface area contributed by atoms with Crippen LogP contribution in [0.5, 0.6) is 0 Å². The minimum atomic E-state index is -0.489. The van der Waals surface area contributed by atoms with Crippen LogP contribution >= 0.6 is 0 Å². The predicted octanol–water partition coefficient (Wildman–Crippen LogP) is 2.33. The second-order valence-electron chi connectivity index (χ2n) is 6.10. The van der Waals surface area contributed by atoms with Gasteiger partial charge in [-0.25, -0.2) is 0 Å². The van der Waals surface area contributed by atoms with Gasteiger partial charge in [-0.15, -0.1) is 0 Å². The Bertz CT molecular complexity index is 474. The van der Waals surface area contributed by atoms with E-state index in [0.717, 1.165) is 39.0 Å². The molecule has 3 atom stereocenters. The minimum Gasteiger partial charge on any atom is -0.378 e. The van der Waals surface area contributed by atoms with E-state index in [-0.39, 0.29) is 16.9 Å². The van der Waals surface area contributed by atoms with Crippen molar-refractivity contribution in [1.82, 2.24) is 4.90 Å². The van der Waals surface area contributed by atoms with E-state index < -0.39 is 6.04 Å². The Morgan fingerprint density at radius 2 is 2.05 bits per heavy atom. The van der Waals surface area contributed by atoms with E-state index in [1.165, 1.54) is 5.56 Å². The van der Waals surface area contributed by atoms with E-state index in [9.17, 15) is 10.1 Å². The second kappa shape index (κ2) is 6.54. The minimum absolute atomic E-state index is 0.0315. The van der Waals surface area contributed by atoms with Crippen molar-refractivity contribution < 1.29 is 9.66 Å². The zero-order chi connectivity index (χ0) is 14.7. The molecule has 0 unspecified atom stereocenters. The van der Waals surface area contributed by atoms with Crippen LogP contribution in [0.2, 0.25) is 0 Å². The maximum atomic E-state index is 11.4. The van der Waals surface area contributed by atoms with Gasteiger partial charge in [-0.05, 0) is 24.8 Å². The molecule has 5 heteroatoms. The summed E-state index contributed by atoms with van der Waals surface area (Å²) in [6, 6.07) is 9.68. The third kappa shape index (κ3) is 3.41. The van der Waals surface area contributed by atoms with Crippen molar-refractivity contribution in [2.45, 2.75) is 38.0 Å². The molecule has 2 saturated heterocycles. The van der Waals surface area contributed by atoms with Gasteiger partial charge in [-0.2, -0.15) is 0 Å². The normalized spacial score (nSPS) is 30.4. The van der Waals surface area contributed by atoms with Crippen LogP contribution in [0.1, 0.15) is 24.8 Å². The number of benzene rings is 1. The van der Waals surface area contributed by atoms with E-state index in [2.05, 4.69) is 17.0 Å². The number of nitro groups is 1. The Kier molecular flexibility index (Phi) is 4.51. The molecule has 3 rings (SSSR count). The van der Waals surface area contributed by atoms with Crippen LogP contribution in [0, 0.1) is 16.0 Å². The molecular formula is C16H22N2O3.